The van der Waals surface area contributed by atoms with Crippen LogP contribution in [0.4, 0.5) is 19.0 Å². The zero-order valence-corrected chi connectivity index (χ0v) is 18.6. The van der Waals surface area contributed by atoms with Crippen molar-refractivity contribution in [2.24, 2.45) is 0 Å². The molecule has 1 unspecified atom stereocenters. The van der Waals surface area contributed by atoms with Gasteiger partial charge in [0.1, 0.15) is 5.82 Å². The van der Waals surface area contributed by atoms with Gasteiger partial charge in [0.2, 0.25) is 0 Å². The van der Waals surface area contributed by atoms with E-state index in [0.717, 1.165) is 75.4 Å². The molecular formula is C26H29F3N4. The first kappa shape index (κ1) is 22.0. The molecule has 1 aromatic heterocycles. The molecule has 1 N–H and O–H groups in total. The van der Waals surface area contributed by atoms with E-state index in [-0.39, 0.29) is 6.04 Å². The average molecular weight is 455 g/mol. The molecule has 1 fully saturated rings. The van der Waals surface area contributed by atoms with Crippen molar-refractivity contribution in [1.29, 1.82) is 0 Å². The minimum absolute atomic E-state index is 0.211. The third kappa shape index (κ3) is 4.64. The van der Waals surface area contributed by atoms with Gasteiger partial charge < -0.3 is 5.32 Å². The van der Waals surface area contributed by atoms with Crippen LogP contribution in [0.3, 0.4) is 0 Å². The second-order valence-electron chi connectivity index (χ2n) is 9.02. The predicted octanol–water partition coefficient (Wildman–Crippen LogP) is 6.37. The summed E-state index contributed by atoms with van der Waals surface area (Å²) in [6.07, 6.45) is 2.12. The van der Waals surface area contributed by atoms with Gasteiger partial charge in [-0.25, -0.2) is 4.68 Å². The summed E-state index contributed by atoms with van der Waals surface area (Å²) in [7, 11) is 0. The number of benzene rings is 2. The van der Waals surface area contributed by atoms with E-state index in [1.54, 1.807) is 0 Å². The first-order chi connectivity index (χ1) is 16.0. The van der Waals surface area contributed by atoms with Gasteiger partial charge in [0, 0.05) is 18.7 Å². The van der Waals surface area contributed by atoms with Crippen LogP contribution in [0, 0.1) is 0 Å². The molecule has 0 bridgehead atoms. The second-order valence-corrected chi connectivity index (χ2v) is 9.02. The Hall–Kier alpha value is -2.80. The number of anilines is 1. The van der Waals surface area contributed by atoms with Gasteiger partial charge in [0.25, 0.3) is 0 Å². The summed E-state index contributed by atoms with van der Waals surface area (Å²) in [5.74, 6) is 0.937. The largest absolute Gasteiger partial charge is 0.416 e. The predicted molar refractivity (Wildman–Crippen MR) is 123 cm³/mol. The molecule has 174 valence electrons. The highest BCUT2D eigenvalue weighted by atomic mass is 19.4. The van der Waals surface area contributed by atoms with Crippen molar-refractivity contribution in [2.75, 3.05) is 18.4 Å². The van der Waals surface area contributed by atoms with Crippen molar-refractivity contribution in [3.8, 4) is 5.69 Å². The summed E-state index contributed by atoms with van der Waals surface area (Å²) < 4.78 is 41.1. The molecular weight excluding hydrogens is 425 g/mol. The zero-order valence-electron chi connectivity index (χ0n) is 18.6. The number of hydrogen-bond donors (Lipinski definition) is 1. The fourth-order valence-electron chi connectivity index (χ4n) is 5.08. The van der Waals surface area contributed by atoms with E-state index >= 15 is 0 Å². The average Bonchev–Trinajstić information content (AvgIpc) is 3.00. The van der Waals surface area contributed by atoms with Crippen LogP contribution in [0.5, 0.6) is 0 Å². The van der Waals surface area contributed by atoms with Gasteiger partial charge in [-0.1, -0.05) is 36.8 Å². The summed E-state index contributed by atoms with van der Waals surface area (Å²) in [6, 6.07) is 16.0. The Balaban J connectivity index is 1.52. The number of fused-ring (bicyclic) bond motifs is 1. The van der Waals surface area contributed by atoms with Gasteiger partial charge in [-0.2, -0.15) is 18.3 Å². The van der Waals surface area contributed by atoms with E-state index in [4.69, 9.17) is 5.10 Å². The van der Waals surface area contributed by atoms with E-state index in [0.29, 0.717) is 5.69 Å². The number of likely N-dealkylation sites (tertiary alicyclic amines) is 1. The van der Waals surface area contributed by atoms with Crippen LogP contribution in [0.15, 0.2) is 54.6 Å². The van der Waals surface area contributed by atoms with Crippen LogP contribution in [0.2, 0.25) is 0 Å². The summed E-state index contributed by atoms with van der Waals surface area (Å²) in [5.41, 5.74) is 3.60. The molecule has 1 saturated heterocycles. The molecule has 7 heteroatoms. The smallest absolute Gasteiger partial charge is 0.370 e. The second kappa shape index (κ2) is 9.21. The van der Waals surface area contributed by atoms with Crippen LogP contribution >= 0.6 is 0 Å². The van der Waals surface area contributed by atoms with Gasteiger partial charge in [0.15, 0.2) is 0 Å². The summed E-state index contributed by atoms with van der Waals surface area (Å²) >= 11 is 0. The van der Waals surface area contributed by atoms with Gasteiger partial charge in [-0.15, -0.1) is 0 Å². The molecule has 2 aromatic carbocycles. The first-order valence-corrected chi connectivity index (χ1v) is 11.8. The molecule has 0 spiro atoms. The normalized spacial score (nSPS) is 19.5. The molecule has 2 aliphatic rings. The van der Waals surface area contributed by atoms with Crippen molar-refractivity contribution in [2.45, 2.75) is 57.3 Å². The Morgan fingerprint density at radius 3 is 2.48 bits per heavy atom. The summed E-state index contributed by atoms with van der Waals surface area (Å²) in [6.45, 7) is 2.74. The number of hydrogen-bond acceptors (Lipinski definition) is 3. The van der Waals surface area contributed by atoms with Crippen molar-refractivity contribution < 1.29 is 13.2 Å². The maximum absolute atomic E-state index is 13.1. The number of nitrogens with zero attached hydrogens (tertiary/aromatic N) is 3. The Kier molecular flexibility index (Phi) is 6.15. The highest BCUT2D eigenvalue weighted by Gasteiger charge is 2.33. The lowest BCUT2D eigenvalue weighted by molar-refractivity contribution is -0.137. The first-order valence-electron chi connectivity index (χ1n) is 11.8. The molecule has 0 amide bonds. The van der Waals surface area contributed by atoms with E-state index < -0.39 is 11.7 Å². The van der Waals surface area contributed by atoms with Crippen LogP contribution in [0.1, 0.15) is 60.5 Å². The fourth-order valence-corrected chi connectivity index (χ4v) is 5.08. The maximum atomic E-state index is 13.1. The van der Waals surface area contributed by atoms with Crippen molar-refractivity contribution in [1.82, 2.24) is 14.7 Å². The minimum atomic E-state index is -4.34. The molecule has 0 saturated carbocycles. The highest BCUT2D eigenvalue weighted by molar-refractivity contribution is 5.55. The molecule has 0 radical (unpaired) electrons. The summed E-state index contributed by atoms with van der Waals surface area (Å²) in [4.78, 5) is 2.52. The molecule has 4 nitrogen and oxygen atoms in total. The van der Waals surface area contributed by atoms with Crippen molar-refractivity contribution in [3.63, 3.8) is 0 Å². The number of rotatable bonds is 4. The van der Waals surface area contributed by atoms with Crippen molar-refractivity contribution >= 4 is 5.82 Å². The number of piperidine rings is 1. The Labute approximate surface area is 192 Å². The summed E-state index contributed by atoms with van der Waals surface area (Å²) in [5, 5.41) is 8.56. The Morgan fingerprint density at radius 2 is 1.73 bits per heavy atom. The van der Waals surface area contributed by atoms with Gasteiger partial charge in [-0.3, -0.25) is 4.90 Å². The minimum Gasteiger partial charge on any atom is -0.370 e. The fraction of sp³-hybridized carbons (Fsp3) is 0.423. The number of aromatic nitrogens is 2. The molecule has 1 atom stereocenters. The van der Waals surface area contributed by atoms with Crippen LogP contribution < -0.4 is 5.32 Å². The third-order valence-electron chi connectivity index (χ3n) is 6.76. The number of alkyl halides is 3. The lowest BCUT2D eigenvalue weighted by Crippen LogP contribution is -2.33. The van der Waals surface area contributed by atoms with Crippen LogP contribution in [0.25, 0.3) is 5.69 Å². The van der Waals surface area contributed by atoms with Crippen LogP contribution in [-0.2, 0) is 19.1 Å². The third-order valence-corrected chi connectivity index (χ3v) is 6.76. The Bertz CT molecular complexity index is 1070. The van der Waals surface area contributed by atoms with Gasteiger partial charge in [-0.05, 0) is 68.5 Å². The standard InChI is InChI=1S/C26H29F3N4/c27-26(28,29)20-12-14-21(15-13-20)33-25-22(10-4-6-16-30-25)24(31-33)23-11-5-7-17-32(23)18-19-8-2-1-3-9-19/h1-3,8-9,12-15,23,30H,4-7,10-11,16-18H2. The number of nitrogens with one attached hydrogen (secondary N) is 1. The maximum Gasteiger partial charge on any atom is 0.416 e. The molecule has 3 heterocycles. The highest BCUT2D eigenvalue weighted by Crippen LogP contribution is 2.39. The van der Waals surface area contributed by atoms with Crippen molar-refractivity contribution in [3.05, 3.63) is 77.0 Å². The molecule has 2 aliphatic heterocycles. The zero-order chi connectivity index (χ0) is 22.8. The van der Waals surface area contributed by atoms with E-state index in [2.05, 4.69) is 34.5 Å². The quantitative estimate of drug-likeness (QED) is 0.498. The lowest BCUT2D eigenvalue weighted by atomic mass is 9.94. The molecule has 33 heavy (non-hydrogen) atoms. The molecule has 5 rings (SSSR count). The van der Waals surface area contributed by atoms with Gasteiger partial charge in [0.05, 0.1) is 23.0 Å². The molecule has 0 aliphatic carbocycles. The van der Waals surface area contributed by atoms with E-state index in [9.17, 15) is 13.2 Å². The van der Waals surface area contributed by atoms with E-state index in [1.807, 2.05) is 10.7 Å². The van der Waals surface area contributed by atoms with E-state index in [1.165, 1.54) is 29.7 Å². The molecule has 3 aromatic rings. The van der Waals surface area contributed by atoms with Gasteiger partial charge >= 0.3 is 6.18 Å². The number of halogens is 3. The van der Waals surface area contributed by atoms with Crippen LogP contribution in [-0.4, -0.2) is 27.8 Å². The SMILES string of the molecule is FC(F)(F)c1ccc(-n2nc(C3CCCCN3Cc3ccccc3)c3c2NCCCC3)cc1. The topological polar surface area (TPSA) is 33.1 Å². The lowest BCUT2D eigenvalue weighted by Gasteiger charge is -2.35. The monoisotopic (exact) mass is 454 g/mol. The Morgan fingerprint density at radius 1 is 0.939 bits per heavy atom.